The second kappa shape index (κ2) is 5.79. The molecule has 106 valence electrons. The number of amidine groups is 1. The zero-order valence-electron chi connectivity index (χ0n) is 11.6. The molecule has 4 nitrogen and oxygen atoms in total. The van der Waals surface area contributed by atoms with Gasteiger partial charge in [0.25, 0.3) is 0 Å². The van der Waals surface area contributed by atoms with E-state index in [1.54, 1.807) is 4.90 Å². The summed E-state index contributed by atoms with van der Waals surface area (Å²) in [6.07, 6.45) is 0.689. The lowest BCUT2D eigenvalue weighted by atomic mass is 10.0. The summed E-state index contributed by atoms with van der Waals surface area (Å²) >= 11 is 0. The molecule has 1 unspecified atom stereocenters. The van der Waals surface area contributed by atoms with Crippen molar-refractivity contribution >= 4 is 11.9 Å². The van der Waals surface area contributed by atoms with Gasteiger partial charge in [-0.2, -0.15) is 4.99 Å². The van der Waals surface area contributed by atoms with Gasteiger partial charge in [-0.05, 0) is 11.1 Å². The first-order valence-corrected chi connectivity index (χ1v) is 6.96. The molecule has 1 aliphatic rings. The predicted octanol–water partition coefficient (Wildman–Crippen LogP) is 2.59. The molecule has 2 aromatic carbocycles. The number of aliphatic imine (C=N–C) groups is 1. The van der Waals surface area contributed by atoms with Crippen molar-refractivity contribution in [1.82, 2.24) is 4.90 Å². The van der Waals surface area contributed by atoms with Gasteiger partial charge >= 0.3 is 6.03 Å². The lowest BCUT2D eigenvalue weighted by Gasteiger charge is -2.24. The van der Waals surface area contributed by atoms with Crippen LogP contribution in [-0.2, 0) is 13.0 Å². The molecular formula is C17H17N3O. The van der Waals surface area contributed by atoms with Gasteiger partial charge in [-0.25, -0.2) is 4.79 Å². The molecule has 2 amide bonds. The van der Waals surface area contributed by atoms with Crippen LogP contribution in [0.4, 0.5) is 4.79 Å². The van der Waals surface area contributed by atoms with Gasteiger partial charge < -0.3 is 10.6 Å². The number of urea groups is 1. The molecule has 0 bridgehead atoms. The average Bonchev–Trinajstić information content (AvgIpc) is 2.76. The molecule has 2 aromatic rings. The topological polar surface area (TPSA) is 58.7 Å². The lowest BCUT2D eigenvalue weighted by molar-refractivity contribution is 0.203. The first kappa shape index (κ1) is 13.4. The van der Waals surface area contributed by atoms with E-state index in [1.165, 1.54) is 0 Å². The Balaban J connectivity index is 1.79. The fourth-order valence-electron chi connectivity index (χ4n) is 2.55. The SMILES string of the molecule is NC1=NC(=O)N(Cc2ccccc2)C1Cc1ccccc1. The maximum Gasteiger partial charge on any atom is 0.346 e. The highest BCUT2D eigenvalue weighted by Crippen LogP contribution is 2.19. The van der Waals surface area contributed by atoms with Crippen molar-refractivity contribution in [3.8, 4) is 0 Å². The molecule has 4 heteroatoms. The molecule has 0 saturated carbocycles. The first-order valence-electron chi connectivity index (χ1n) is 6.96. The van der Waals surface area contributed by atoms with Crippen LogP contribution in [0.15, 0.2) is 65.7 Å². The summed E-state index contributed by atoms with van der Waals surface area (Å²) in [6, 6.07) is 19.5. The van der Waals surface area contributed by atoms with E-state index < -0.39 is 0 Å². The number of carbonyl (C=O) groups excluding carboxylic acids is 1. The highest BCUT2D eigenvalue weighted by Gasteiger charge is 2.33. The zero-order valence-corrected chi connectivity index (χ0v) is 11.6. The average molecular weight is 279 g/mol. The second-order valence-corrected chi connectivity index (χ2v) is 5.14. The molecule has 0 aliphatic carbocycles. The van der Waals surface area contributed by atoms with Gasteiger partial charge in [-0.3, -0.25) is 0 Å². The highest BCUT2D eigenvalue weighted by molar-refractivity contribution is 6.02. The minimum absolute atomic E-state index is 0.167. The van der Waals surface area contributed by atoms with Gasteiger partial charge in [-0.15, -0.1) is 0 Å². The number of benzene rings is 2. The van der Waals surface area contributed by atoms with E-state index in [-0.39, 0.29) is 12.1 Å². The molecule has 3 rings (SSSR count). The van der Waals surface area contributed by atoms with Crippen molar-refractivity contribution in [3.05, 3.63) is 71.8 Å². The van der Waals surface area contributed by atoms with Crippen LogP contribution in [0, 0.1) is 0 Å². The van der Waals surface area contributed by atoms with Gasteiger partial charge in [0, 0.05) is 13.0 Å². The molecule has 0 aromatic heterocycles. The van der Waals surface area contributed by atoms with E-state index in [1.807, 2.05) is 60.7 Å². The number of nitrogens with zero attached hydrogens (tertiary/aromatic N) is 2. The Kier molecular flexibility index (Phi) is 3.69. The Morgan fingerprint density at radius 1 is 0.952 bits per heavy atom. The van der Waals surface area contributed by atoms with Gasteiger partial charge in [0.1, 0.15) is 5.84 Å². The normalized spacial score (nSPS) is 17.9. The molecule has 0 spiro atoms. The van der Waals surface area contributed by atoms with Crippen LogP contribution in [-0.4, -0.2) is 22.8 Å². The van der Waals surface area contributed by atoms with Crippen LogP contribution in [0.3, 0.4) is 0 Å². The van der Waals surface area contributed by atoms with Gasteiger partial charge in [0.05, 0.1) is 6.04 Å². The van der Waals surface area contributed by atoms with Crippen molar-refractivity contribution in [3.63, 3.8) is 0 Å². The van der Waals surface area contributed by atoms with E-state index in [4.69, 9.17) is 5.73 Å². The van der Waals surface area contributed by atoms with Crippen molar-refractivity contribution in [2.24, 2.45) is 10.7 Å². The van der Waals surface area contributed by atoms with Crippen molar-refractivity contribution in [2.75, 3.05) is 0 Å². The number of hydrogen-bond acceptors (Lipinski definition) is 2. The summed E-state index contributed by atoms with van der Waals surface area (Å²) in [5.41, 5.74) is 8.17. The zero-order chi connectivity index (χ0) is 14.7. The number of nitrogens with two attached hydrogens (primary N) is 1. The summed E-state index contributed by atoms with van der Waals surface area (Å²) < 4.78 is 0. The molecule has 1 aliphatic heterocycles. The smallest absolute Gasteiger partial charge is 0.346 e. The summed E-state index contributed by atoms with van der Waals surface area (Å²) in [5.74, 6) is 0.403. The third-order valence-corrected chi connectivity index (χ3v) is 3.66. The Morgan fingerprint density at radius 3 is 2.14 bits per heavy atom. The monoisotopic (exact) mass is 279 g/mol. The Morgan fingerprint density at radius 2 is 1.52 bits per heavy atom. The fourth-order valence-corrected chi connectivity index (χ4v) is 2.55. The van der Waals surface area contributed by atoms with Gasteiger partial charge in [0.2, 0.25) is 0 Å². The van der Waals surface area contributed by atoms with E-state index >= 15 is 0 Å². The quantitative estimate of drug-likeness (QED) is 0.935. The van der Waals surface area contributed by atoms with Crippen LogP contribution in [0.25, 0.3) is 0 Å². The molecule has 0 fully saturated rings. The Bertz CT molecular complexity index is 652. The van der Waals surface area contributed by atoms with Crippen molar-refractivity contribution in [1.29, 1.82) is 0 Å². The first-order chi connectivity index (χ1) is 10.2. The molecule has 0 radical (unpaired) electrons. The molecule has 0 saturated heterocycles. The van der Waals surface area contributed by atoms with E-state index in [0.717, 1.165) is 11.1 Å². The van der Waals surface area contributed by atoms with Gasteiger partial charge in [-0.1, -0.05) is 60.7 Å². The minimum Gasteiger partial charge on any atom is -0.385 e. The molecular weight excluding hydrogens is 262 g/mol. The van der Waals surface area contributed by atoms with E-state index in [2.05, 4.69) is 4.99 Å². The minimum atomic E-state index is -0.253. The third-order valence-electron chi connectivity index (χ3n) is 3.66. The number of amides is 2. The Hall–Kier alpha value is -2.62. The molecule has 2 N–H and O–H groups in total. The standard InChI is InChI=1S/C17H17N3O/c18-16-15(11-13-7-3-1-4-8-13)20(17(21)19-16)12-14-9-5-2-6-10-14/h1-10,15H,11-12H2,(H2,18,19,21). The van der Waals surface area contributed by atoms with Crippen LogP contribution in [0.5, 0.6) is 0 Å². The third kappa shape index (κ3) is 2.94. The summed E-state index contributed by atoms with van der Waals surface area (Å²) in [6.45, 7) is 0.529. The van der Waals surface area contributed by atoms with Crippen LogP contribution >= 0.6 is 0 Å². The lowest BCUT2D eigenvalue weighted by Crippen LogP contribution is -2.41. The summed E-state index contributed by atoms with van der Waals surface area (Å²) in [5, 5.41) is 0. The van der Waals surface area contributed by atoms with Crippen LogP contribution in [0.2, 0.25) is 0 Å². The maximum absolute atomic E-state index is 12.0. The van der Waals surface area contributed by atoms with Gasteiger partial charge in [0.15, 0.2) is 0 Å². The maximum atomic E-state index is 12.0. The summed E-state index contributed by atoms with van der Waals surface area (Å²) in [4.78, 5) is 17.7. The number of hydrogen-bond donors (Lipinski definition) is 1. The molecule has 1 heterocycles. The molecule has 1 atom stereocenters. The second-order valence-electron chi connectivity index (χ2n) is 5.14. The Labute approximate surface area is 123 Å². The highest BCUT2D eigenvalue weighted by atomic mass is 16.2. The van der Waals surface area contributed by atoms with E-state index in [9.17, 15) is 4.79 Å². The fraction of sp³-hybridized carbons (Fsp3) is 0.176. The van der Waals surface area contributed by atoms with Crippen LogP contribution in [0.1, 0.15) is 11.1 Å². The number of carbonyl (C=O) groups is 1. The van der Waals surface area contributed by atoms with Crippen molar-refractivity contribution in [2.45, 2.75) is 19.0 Å². The van der Waals surface area contributed by atoms with Crippen molar-refractivity contribution < 1.29 is 4.79 Å². The van der Waals surface area contributed by atoms with E-state index in [0.29, 0.717) is 18.8 Å². The number of rotatable bonds is 4. The summed E-state index contributed by atoms with van der Waals surface area (Å²) in [7, 11) is 0. The van der Waals surface area contributed by atoms with Crippen LogP contribution < -0.4 is 5.73 Å². The molecule has 21 heavy (non-hydrogen) atoms. The predicted molar refractivity (Wildman–Crippen MR) is 82.9 cm³/mol. The largest absolute Gasteiger partial charge is 0.385 e.